The molecule has 1 aromatic heterocycles. The Labute approximate surface area is 147 Å². The van der Waals surface area contributed by atoms with Gasteiger partial charge in [-0.15, -0.1) is 11.3 Å². The molecule has 2 aliphatic heterocycles. The molecule has 0 aliphatic carbocycles. The van der Waals surface area contributed by atoms with Gasteiger partial charge < -0.3 is 4.90 Å². The molecular formula is C19H25N3OS. The van der Waals surface area contributed by atoms with Gasteiger partial charge in [0.2, 0.25) is 5.91 Å². The molecule has 0 bridgehead atoms. The highest BCUT2D eigenvalue weighted by molar-refractivity contribution is 7.18. The summed E-state index contributed by atoms with van der Waals surface area (Å²) in [5.41, 5.74) is 1.09. The van der Waals surface area contributed by atoms with Gasteiger partial charge in [-0.2, -0.15) is 0 Å². The summed E-state index contributed by atoms with van der Waals surface area (Å²) in [7, 11) is 0. The van der Waals surface area contributed by atoms with Crippen LogP contribution in [0.2, 0.25) is 0 Å². The second-order valence-corrected chi connectivity index (χ2v) is 8.01. The number of carbonyl (C=O) groups excluding carboxylic acids is 1. The lowest BCUT2D eigenvalue weighted by Crippen LogP contribution is -2.45. The van der Waals surface area contributed by atoms with Crippen molar-refractivity contribution < 1.29 is 4.79 Å². The van der Waals surface area contributed by atoms with Gasteiger partial charge in [0.25, 0.3) is 0 Å². The van der Waals surface area contributed by atoms with Gasteiger partial charge in [-0.05, 0) is 50.8 Å². The maximum atomic E-state index is 12.7. The second-order valence-electron chi connectivity index (χ2n) is 6.94. The molecule has 2 aromatic rings. The van der Waals surface area contributed by atoms with Crippen LogP contribution in [0, 0.1) is 0 Å². The number of amides is 1. The summed E-state index contributed by atoms with van der Waals surface area (Å²) < 4.78 is 1.25. The smallest absolute Gasteiger partial charge is 0.236 e. The molecule has 1 aromatic carbocycles. The number of aromatic nitrogens is 1. The molecule has 0 spiro atoms. The van der Waals surface area contributed by atoms with Crippen molar-refractivity contribution >= 4 is 27.5 Å². The van der Waals surface area contributed by atoms with E-state index < -0.39 is 0 Å². The van der Waals surface area contributed by atoms with Gasteiger partial charge >= 0.3 is 0 Å². The van der Waals surface area contributed by atoms with Crippen LogP contribution in [0.3, 0.4) is 0 Å². The van der Waals surface area contributed by atoms with E-state index in [4.69, 9.17) is 4.98 Å². The number of hydrogen-bond acceptors (Lipinski definition) is 4. The number of carbonyl (C=O) groups is 1. The van der Waals surface area contributed by atoms with Crippen molar-refractivity contribution in [2.24, 2.45) is 0 Å². The minimum Gasteiger partial charge on any atom is -0.342 e. The van der Waals surface area contributed by atoms with Crippen LogP contribution in [0.1, 0.15) is 49.6 Å². The number of piperidine rings is 2. The molecule has 0 unspecified atom stereocenters. The minimum atomic E-state index is 0.308. The number of thiazole rings is 1. The van der Waals surface area contributed by atoms with E-state index in [1.807, 2.05) is 6.07 Å². The molecule has 0 N–H and O–H groups in total. The molecule has 2 saturated heterocycles. The molecule has 24 heavy (non-hydrogen) atoms. The summed E-state index contributed by atoms with van der Waals surface area (Å²) >= 11 is 1.79. The van der Waals surface area contributed by atoms with Gasteiger partial charge in [0.1, 0.15) is 5.01 Å². The molecule has 128 valence electrons. The Morgan fingerprint density at radius 1 is 1.08 bits per heavy atom. The summed E-state index contributed by atoms with van der Waals surface area (Å²) in [6, 6.07) is 8.65. The summed E-state index contributed by atoms with van der Waals surface area (Å²) in [6.07, 6.45) is 7.12. The first-order chi connectivity index (χ1) is 11.8. The second kappa shape index (κ2) is 7.19. The van der Waals surface area contributed by atoms with E-state index >= 15 is 0 Å². The fourth-order valence-corrected chi connectivity index (χ4v) is 5.05. The van der Waals surface area contributed by atoms with Gasteiger partial charge in [-0.25, -0.2) is 4.98 Å². The Kier molecular flexibility index (Phi) is 4.81. The minimum absolute atomic E-state index is 0.308. The van der Waals surface area contributed by atoms with Crippen LogP contribution in [-0.2, 0) is 4.79 Å². The fourth-order valence-electron chi connectivity index (χ4n) is 3.91. The van der Waals surface area contributed by atoms with Crippen molar-refractivity contribution in [1.82, 2.24) is 14.8 Å². The number of benzene rings is 1. The van der Waals surface area contributed by atoms with Crippen molar-refractivity contribution in [2.75, 3.05) is 26.2 Å². The van der Waals surface area contributed by atoms with Gasteiger partial charge in [-0.3, -0.25) is 9.69 Å². The van der Waals surface area contributed by atoms with Crippen LogP contribution in [0.4, 0.5) is 0 Å². The zero-order valence-electron chi connectivity index (χ0n) is 14.1. The fraction of sp³-hybridized carbons (Fsp3) is 0.579. The largest absolute Gasteiger partial charge is 0.342 e. The van der Waals surface area contributed by atoms with E-state index in [0.29, 0.717) is 18.5 Å². The maximum absolute atomic E-state index is 12.7. The number of nitrogens with zero attached hydrogens (tertiary/aromatic N) is 3. The molecule has 2 aliphatic rings. The van der Waals surface area contributed by atoms with Crippen molar-refractivity contribution in [1.29, 1.82) is 0 Å². The van der Waals surface area contributed by atoms with E-state index in [0.717, 1.165) is 44.4 Å². The SMILES string of the molecule is O=C(CN1CCCC[C@@H]1c1nc2ccccc2s1)N1CCCCC1. The lowest BCUT2D eigenvalue weighted by Gasteiger charge is -2.36. The van der Waals surface area contributed by atoms with Crippen LogP contribution < -0.4 is 0 Å². The number of fused-ring (bicyclic) bond motifs is 1. The van der Waals surface area contributed by atoms with Gasteiger partial charge in [0.05, 0.1) is 22.8 Å². The van der Waals surface area contributed by atoms with Crippen molar-refractivity contribution in [3.05, 3.63) is 29.3 Å². The Morgan fingerprint density at radius 2 is 1.88 bits per heavy atom. The van der Waals surface area contributed by atoms with Gasteiger partial charge in [0, 0.05) is 13.1 Å². The van der Waals surface area contributed by atoms with E-state index in [9.17, 15) is 4.79 Å². The topological polar surface area (TPSA) is 36.4 Å². The molecule has 1 amide bonds. The van der Waals surface area contributed by atoms with Crippen molar-refractivity contribution in [2.45, 2.75) is 44.6 Å². The van der Waals surface area contributed by atoms with E-state index in [2.05, 4.69) is 28.0 Å². The van der Waals surface area contributed by atoms with Gasteiger partial charge in [-0.1, -0.05) is 18.6 Å². The summed E-state index contributed by atoms with van der Waals surface area (Å²) in [4.78, 5) is 22.0. The first-order valence-electron chi connectivity index (χ1n) is 9.18. The van der Waals surface area contributed by atoms with E-state index in [1.165, 1.54) is 29.0 Å². The lowest BCUT2D eigenvalue weighted by atomic mass is 10.0. The third-order valence-corrected chi connectivity index (χ3v) is 6.39. The highest BCUT2D eigenvalue weighted by atomic mass is 32.1. The Balaban J connectivity index is 1.51. The van der Waals surface area contributed by atoms with Crippen LogP contribution in [0.25, 0.3) is 10.2 Å². The molecule has 2 fully saturated rings. The normalized spacial score (nSPS) is 22.8. The Bertz CT molecular complexity index is 674. The highest BCUT2D eigenvalue weighted by Gasteiger charge is 2.29. The Hall–Kier alpha value is -1.46. The lowest BCUT2D eigenvalue weighted by molar-refractivity contribution is -0.134. The number of likely N-dealkylation sites (tertiary alicyclic amines) is 2. The van der Waals surface area contributed by atoms with E-state index in [1.54, 1.807) is 11.3 Å². The van der Waals surface area contributed by atoms with Crippen molar-refractivity contribution in [3.8, 4) is 0 Å². The summed E-state index contributed by atoms with van der Waals surface area (Å²) in [5, 5.41) is 1.18. The van der Waals surface area contributed by atoms with Crippen LogP contribution in [-0.4, -0.2) is 46.9 Å². The predicted molar refractivity (Wildman–Crippen MR) is 98.2 cm³/mol. The van der Waals surface area contributed by atoms with Crippen LogP contribution >= 0.6 is 11.3 Å². The van der Waals surface area contributed by atoms with Gasteiger partial charge in [0.15, 0.2) is 0 Å². The van der Waals surface area contributed by atoms with Crippen LogP contribution in [0.15, 0.2) is 24.3 Å². The molecule has 4 rings (SSSR count). The monoisotopic (exact) mass is 343 g/mol. The zero-order chi connectivity index (χ0) is 16.4. The van der Waals surface area contributed by atoms with Crippen molar-refractivity contribution in [3.63, 3.8) is 0 Å². The number of hydrogen-bond donors (Lipinski definition) is 0. The Morgan fingerprint density at radius 3 is 2.71 bits per heavy atom. The third kappa shape index (κ3) is 3.33. The average molecular weight is 343 g/mol. The number of para-hydroxylation sites is 1. The molecule has 3 heterocycles. The maximum Gasteiger partial charge on any atom is 0.236 e. The standard InChI is InChI=1S/C19H25N3OS/c23-18(21-11-5-1-6-12-21)14-22-13-7-4-9-16(22)19-20-15-8-2-3-10-17(15)24-19/h2-3,8,10,16H,1,4-7,9,11-14H2/t16-/m1/s1. The molecular weight excluding hydrogens is 318 g/mol. The molecule has 5 heteroatoms. The first kappa shape index (κ1) is 16.0. The molecule has 4 nitrogen and oxygen atoms in total. The van der Waals surface area contributed by atoms with E-state index in [-0.39, 0.29) is 0 Å². The summed E-state index contributed by atoms with van der Waals surface area (Å²) in [5.74, 6) is 0.308. The molecule has 1 atom stereocenters. The average Bonchev–Trinajstić information content (AvgIpc) is 3.07. The zero-order valence-corrected chi connectivity index (χ0v) is 14.9. The highest BCUT2D eigenvalue weighted by Crippen LogP contribution is 2.35. The molecule has 0 radical (unpaired) electrons. The number of rotatable bonds is 3. The predicted octanol–water partition coefficient (Wildman–Crippen LogP) is 3.84. The quantitative estimate of drug-likeness (QED) is 0.850. The van der Waals surface area contributed by atoms with Crippen LogP contribution in [0.5, 0.6) is 0 Å². The first-order valence-corrected chi connectivity index (χ1v) is 10.0. The molecule has 0 saturated carbocycles. The third-order valence-electron chi connectivity index (χ3n) is 5.26. The summed E-state index contributed by atoms with van der Waals surface area (Å²) in [6.45, 7) is 3.46.